The number of rotatable bonds is 8. The summed E-state index contributed by atoms with van der Waals surface area (Å²) in [6.45, 7) is 4.92. The minimum Gasteiger partial charge on any atom is -0.474 e. The number of nitrogens with zero attached hydrogens (tertiary/aromatic N) is 2. The molecule has 1 aliphatic rings. The maximum Gasteiger partial charge on any atom is 0.247 e. The first-order valence-corrected chi connectivity index (χ1v) is 11.0. The predicted molar refractivity (Wildman–Crippen MR) is 113 cm³/mol. The summed E-state index contributed by atoms with van der Waals surface area (Å²) in [5.41, 5.74) is 1.24. The van der Waals surface area contributed by atoms with E-state index in [2.05, 4.69) is 16.9 Å². The summed E-state index contributed by atoms with van der Waals surface area (Å²) < 4.78 is 38.0. The van der Waals surface area contributed by atoms with Crippen LogP contribution in [0.4, 0.5) is 5.69 Å². The molecule has 2 heterocycles. The molecule has 0 radical (unpaired) electrons. The van der Waals surface area contributed by atoms with Gasteiger partial charge >= 0.3 is 0 Å². The molecule has 9 heteroatoms. The van der Waals surface area contributed by atoms with Gasteiger partial charge in [0.2, 0.25) is 21.8 Å². The summed E-state index contributed by atoms with van der Waals surface area (Å²) in [5.74, 6) is 0.160. The van der Waals surface area contributed by atoms with Crippen LogP contribution >= 0.6 is 0 Å². The number of carbonyl (C=O) groups is 1. The molecule has 0 atom stereocenters. The van der Waals surface area contributed by atoms with E-state index in [0.29, 0.717) is 24.8 Å². The highest BCUT2D eigenvalue weighted by Gasteiger charge is 2.21. The van der Waals surface area contributed by atoms with Crippen molar-refractivity contribution in [1.29, 1.82) is 0 Å². The Morgan fingerprint density at radius 3 is 2.57 bits per heavy atom. The first-order valence-electron chi connectivity index (χ1n) is 9.57. The number of anilines is 1. The maximum absolute atomic E-state index is 12.8. The molecule has 1 aromatic heterocycles. The van der Waals surface area contributed by atoms with Gasteiger partial charge in [-0.2, -0.15) is 4.31 Å². The van der Waals surface area contributed by atoms with Gasteiger partial charge in [-0.15, -0.1) is 0 Å². The van der Waals surface area contributed by atoms with Gasteiger partial charge in [-0.1, -0.05) is 12.6 Å². The molecule has 0 aliphatic carbocycles. The van der Waals surface area contributed by atoms with Crippen molar-refractivity contribution in [1.82, 2.24) is 9.29 Å². The number of amides is 1. The Balaban J connectivity index is 1.61. The summed E-state index contributed by atoms with van der Waals surface area (Å²) in [6.07, 6.45) is 4.53. The average Bonchev–Trinajstić information content (AvgIpc) is 2.76. The number of hydrogen-bond donors (Lipinski definition) is 1. The summed E-state index contributed by atoms with van der Waals surface area (Å²) >= 11 is 0. The Morgan fingerprint density at radius 1 is 1.27 bits per heavy atom. The number of pyridine rings is 1. The van der Waals surface area contributed by atoms with Crippen molar-refractivity contribution < 1.29 is 22.7 Å². The van der Waals surface area contributed by atoms with E-state index in [1.54, 1.807) is 12.3 Å². The van der Waals surface area contributed by atoms with Gasteiger partial charge in [-0.3, -0.25) is 4.79 Å². The van der Waals surface area contributed by atoms with E-state index >= 15 is 0 Å². The lowest BCUT2D eigenvalue weighted by molar-refractivity contribution is -0.111. The number of benzene rings is 1. The second-order valence-corrected chi connectivity index (χ2v) is 8.96. The predicted octanol–water partition coefficient (Wildman–Crippen LogP) is 2.58. The molecule has 1 N–H and O–H groups in total. The minimum absolute atomic E-state index is 0.0967. The highest BCUT2D eigenvalue weighted by atomic mass is 32.2. The molecular weight excluding hydrogens is 406 g/mol. The van der Waals surface area contributed by atoms with E-state index < -0.39 is 10.0 Å². The molecule has 0 unspecified atom stereocenters. The highest BCUT2D eigenvalue weighted by Crippen LogP contribution is 2.20. The van der Waals surface area contributed by atoms with Gasteiger partial charge in [0.15, 0.2) is 0 Å². The van der Waals surface area contributed by atoms with Gasteiger partial charge in [0.25, 0.3) is 0 Å². The van der Waals surface area contributed by atoms with Crippen LogP contribution in [0.2, 0.25) is 0 Å². The number of nitrogens with one attached hydrogen (secondary N) is 1. The van der Waals surface area contributed by atoms with E-state index in [1.165, 1.54) is 35.6 Å². The normalized spacial score (nSPS) is 15.0. The number of sulfonamides is 1. The lowest BCUT2D eigenvalue weighted by Crippen LogP contribution is -2.27. The van der Waals surface area contributed by atoms with Crippen molar-refractivity contribution in [3.63, 3.8) is 0 Å². The monoisotopic (exact) mass is 431 g/mol. The van der Waals surface area contributed by atoms with Gasteiger partial charge < -0.3 is 14.8 Å². The van der Waals surface area contributed by atoms with Crippen molar-refractivity contribution in [2.45, 2.75) is 30.4 Å². The van der Waals surface area contributed by atoms with Crippen molar-refractivity contribution >= 4 is 21.6 Å². The zero-order valence-corrected chi connectivity index (χ0v) is 17.6. The smallest absolute Gasteiger partial charge is 0.247 e. The zero-order valence-electron chi connectivity index (χ0n) is 16.8. The van der Waals surface area contributed by atoms with Gasteiger partial charge in [0.1, 0.15) is 6.10 Å². The van der Waals surface area contributed by atoms with E-state index in [-0.39, 0.29) is 23.5 Å². The number of carbonyl (C=O) groups excluding carboxylic acids is 1. The summed E-state index contributed by atoms with van der Waals surface area (Å²) in [5, 5.41) is 2.58. The second-order valence-electron chi connectivity index (χ2n) is 6.91. The Hall–Kier alpha value is -2.75. The first kappa shape index (κ1) is 21.9. The minimum atomic E-state index is -3.69. The molecule has 1 aliphatic heterocycles. The van der Waals surface area contributed by atoms with E-state index in [9.17, 15) is 13.2 Å². The third-order valence-corrected chi connectivity index (χ3v) is 6.49. The van der Waals surface area contributed by atoms with Crippen LogP contribution in [0.5, 0.6) is 5.88 Å². The average molecular weight is 432 g/mol. The highest BCUT2D eigenvalue weighted by molar-refractivity contribution is 7.89. The van der Waals surface area contributed by atoms with E-state index in [4.69, 9.17) is 9.47 Å². The fraction of sp³-hybridized carbons (Fsp3) is 0.333. The molecule has 0 bridgehead atoms. The van der Waals surface area contributed by atoms with Crippen LogP contribution in [-0.2, 0) is 26.1 Å². The number of hydrogen-bond acceptors (Lipinski definition) is 6. The second kappa shape index (κ2) is 9.84. The van der Waals surface area contributed by atoms with Crippen molar-refractivity contribution in [2.75, 3.05) is 25.6 Å². The van der Waals surface area contributed by atoms with Crippen LogP contribution in [0.1, 0.15) is 18.4 Å². The van der Waals surface area contributed by atoms with Crippen molar-refractivity contribution in [3.8, 4) is 5.88 Å². The standard InChI is InChI=1S/C21H25N3O5S/c1-3-20(25)23-17-5-7-19(8-6-17)30(26,27)24(2)15-16-4-9-21(22-14-16)29-18-10-12-28-13-11-18/h3-9,14,18H,1,10-13,15H2,2H3,(H,23,25). The Kier molecular flexibility index (Phi) is 7.20. The number of aromatic nitrogens is 1. The quantitative estimate of drug-likeness (QED) is 0.645. The molecule has 3 rings (SSSR count). The molecule has 8 nitrogen and oxygen atoms in total. The molecule has 30 heavy (non-hydrogen) atoms. The van der Waals surface area contributed by atoms with Crippen LogP contribution in [0.25, 0.3) is 0 Å². The Labute approximate surface area is 176 Å². The summed E-state index contributed by atoms with van der Waals surface area (Å²) in [6, 6.07) is 9.53. The van der Waals surface area contributed by atoms with Crippen molar-refractivity contribution in [3.05, 3.63) is 60.8 Å². The topological polar surface area (TPSA) is 97.8 Å². The first-order chi connectivity index (χ1) is 14.4. The molecular formula is C21H25N3O5S. The molecule has 1 fully saturated rings. The fourth-order valence-electron chi connectivity index (χ4n) is 2.96. The molecule has 0 saturated carbocycles. The van der Waals surface area contributed by atoms with Crippen molar-refractivity contribution in [2.24, 2.45) is 0 Å². The Bertz CT molecular complexity index is 969. The third kappa shape index (κ3) is 5.65. The van der Waals surface area contributed by atoms with Gasteiger partial charge in [-0.25, -0.2) is 13.4 Å². The van der Waals surface area contributed by atoms with Crippen LogP contribution in [-0.4, -0.2) is 50.0 Å². The summed E-state index contributed by atoms with van der Waals surface area (Å²) in [7, 11) is -2.18. The van der Waals surface area contributed by atoms with Crippen LogP contribution in [0.15, 0.2) is 60.1 Å². The van der Waals surface area contributed by atoms with Gasteiger partial charge in [-0.05, 0) is 35.9 Å². The summed E-state index contributed by atoms with van der Waals surface area (Å²) in [4.78, 5) is 15.8. The molecule has 1 amide bonds. The SMILES string of the molecule is C=CC(=O)Nc1ccc(S(=O)(=O)N(C)Cc2ccc(OC3CCOCC3)nc2)cc1. The van der Waals surface area contributed by atoms with Gasteiger partial charge in [0.05, 0.1) is 18.1 Å². The molecule has 160 valence electrons. The van der Waals surface area contributed by atoms with Crippen LogP contribution in [0, 0.1) is 0 Å². The third-order valence-electron chi connectivity index (χ3n) is 4.67. The van der Waals surface area contributed by atoms with E-state index in [0.717, 1.165) is 24.5 Å². The molecule has 1 saturated heterocycles. The molecule has 0 spiro atoms. The largest absolute Gasteiger partial charge is 0.474 e. The molecule has 1 aromatic carbocycles. The lowest BCUT2D eigenvalue weighted by Gasteiger charge is -2.22. The fourth-order valence-corrected chi connectivity index (χ4v) is 4.12. The molecule has 2 aromatic rings. The number of ether oxygens (including phenoxy) is 2. The van der Waals surface area contributed by atoms with Crippen LogP contribution < -0.4 is 10.1 Å². The zero-order chi connectivity index (χ0) is 21.6. The van der Waals surface area contributed by atoms with Crippen LogP contribution in [0.3, 0.4) is 0 Å². The lowest BCUT2D eigenvalue weighted by atomic mass is 10.1. The maximum atomic E-state index is 12.8. The van der Waals surface area contributed by atoms with Gasteiger partial charge in [0, 0.05) is 44.4 Å². The Morgan fingerprint density at radius 2 is 1.97 bits per heavy atom. The van der Waals surface area contributed by atoms with E-state index in [1.807, 2.05) is 6.07 Å².